The van der Waals surface area contributed by atoms with Gasteiger partial charge in [0.25, 0.3) is 0 Å². The summed E-state index contributed by atoms with van der Waals surface area (Å²) in [6.45, 7) is 0.649. The van der Waals surface area contributed by atoms with Crippen LogP contribution in [0.15, 0.2) is 18.2 Å². The lowest BCUT2D eigenvalue weighted by Crippen LogP contribution is -2.43. The van der Waals surface area contributed by atoms with Gasteiger partial charge in [-0.15, -0.1) is 0 Å². The molecule has 1 saturated carbocycles. The van der Waals surface area contributed by atoms with E-state index in [2.05, 4.69) is 5.32 Å². The lowest BCUT2D eigenvalue weighted by molar-refractivity contribution is 0.209. The van der Waals surface area contributed by atoms with E-state index in [0.29, 0.717) is 17.9 Å². The number of aliphatic hydroxyl groups is 1. The second-order valence-electron chi connectivity index (χ2n) is 5.27. The maximum atomic E-state index is 13.7. The SMILES string of the molecule is COc1ccc(F)c(CNC2(CCO)CCCC2)c1. The second kappa shape index (κ2) is 6.35. The minimum absolute atomic E-state index is 0.0235. The fourth-order valence-corrected chi connectivity index (χ4v) is 2.88. The molecule has 0 aliphatic heterocycles. The summed E-state index contributed by atoms with van der Waals surface area (Å²) in [5.41, 5.74) is 0.591. The highest BCUT2D eigenvalue weighted by atomic mass is 19.1. The van der Waals surface area contributed by atoms with Crippen LogP contribution in [0.3, 0.4) is 0 Å². The molecule has 3 nitrogen and oxygen atoms in total. The quantitative estimate of drug-likeness (QED) is 0.832. The van der Waals surface area contributed by atoms with E-state index in [9.17, 15) is 9.50 Å². The summed E-state index contributed by atoms with van der Waals surface area (Å²) >= 11 is 0. The minimum Gasteiger partial charge on any atom is -0.497 e. The Balaban J connectivity index is 2.04. The minimum atomic E-state index is -0.217. The van der Waals surface area contributed by atoms with Gasteiger partial charge in [0.05, 0.1) is 7.11 Å². The van der Waals surface area contributed by atoms with Crippen LogP contribution in [0.25, 0.3) is 0 Å². The van der Waals surface area contributed by atoms with Gasteiger partial charge in [0.2, 0.25) is 0 Å². The number of hydrogen-bond acceptors (Lipinski definition) is 3. The van der Waals surface area contributed by atoms with Crippen molar-refractivity contribution >= 4 is 0 Å². The third-order valence-electron chi connectivity index (χ3n) is 4.06. The van der Waals surface area contributed by atoms with E-state index in [0.717, 1.165) is 19.3 Å². The number of nitrogens with one attached hydrogen (secondary N) is 1. The number of ether oxygens (including phenoxy) is 1. The van der Waals surface area contributed by atoms with Crippen LogP contribution in [-0.2, 0) is 6.54 Å². The fourth-order valence-electron chi connectivity index (χ4n) is 2.88. The van der Waals surface area contributed by atoms with Crippen LogP contribution in [0.1, 0.15) is 37.7 Å². The molecule has 0 spiro atoms. The molecule has 2 N–H and O–H groups in total. The van der Waals surface area contributed by atoms with Gasteiger partial charge in [-0.1, -0.05) is 12.8 Å². The van der Waals surface area contributed by atoms with Crippen molar-refractivity contribution in [1.82, 2.24) is 5.32 Å². The normalized spacial score (nSPS) is 17.6. The van der Waals surface area contributed by atoms with Gasteiger partial charge in [-0.25, -0.2) is 4.39 Å². The topological polar surface area (TPSA) is 41.5 Å². The van der Waals surface area contributed by atoms with Crippen LogP contribution >= 0.6 is 0 Å². The van der Waals surface area contributed by atoms with Gasteiger partial charge in [-0.05, 0) is 37.5 Å². The molecule has 2 rings (SSSR count). The predicted octanol–water partition coefficient (Wildman–Crippen LogP) is 2.62. The first-order chi connectivity index (χ1) is 9.19. The van der Waals surface area contributed by atoms with Crippen molar-refractivity contribution in [2.75, 3.05) is 13.7 Å². The van der Waals surface area contributed by atoms with Crippen LogP contribution in [0, 0.1) is 5.82 Å². The van der Waals surface area contributed by atoms with Gasteiger partial charge >= 0.3 is 0 Å². The van der Waals surface area contributed by atoms with Crippen LogP contribution in [0.2, 0.25) is 0 Å². The number of benzene rings is 1. The molecule has 0 atom stereocenters. The zero-order valence-electron chi connectivity index (χ0n) is 11.4. The first-order valence-electron chi connectivity index (χ1n) is 6.87. The predicted molar refractivity (Wildman–Crippen MR) is 72.7 cm³/mol. The number of methoxy groups -OCH3 is 1. The summed E-state index contributed by atoms with van der Waals surface area (Å²) in [4.78, 5) is 0. The molecule has 0 amide bonds. The maximum absolute atomic E-state index is 13.7. The summed E-state index contributed by atoms with van der Waals surface area (Å²) in [6.07, 6.45) is 5.19. The van der Waals surface area contributed by atoms with E-state index in [4.69, 9.17) is 4.74 Å². The van der Waals surface area contributed by atoms with E-state index < -0.39 is 0 Å². The molecule has 0 aromatic heterocycles. The van der Waals surface area contributed by atoms with E-state index in [1.165, 1.54) is 18.9 Å². The third-order valence-corrected chi connectivity index (χ3v) is 4.06. The Hall–Kier alpha value is -1.13. The van der Waals surface area contributed by atoms with Crippen LogP contribution in [-0.4, -0.2) is 24.4 Å². The summed E-state index contributed by atoms with van der Waals surface area (Å²) in [7, 11) is 1.58. The molecule has 19 heavy (non-hydrogen) atoms. The first kappa shape index (κ1) is 14.3. The third kappa shape index (κ3) is 3.45. The average Bonchev–Trinajstić information content (AvgIpc) is 2.87. The van der Waals surface area contributed by atoms with Crippen molar-refractivity contribution in [2.45, 2.75) is 44.2 Å². The van der Waals surface area contributed by atoms with Crippen LogP contribution in [0.4, 0.5) is 4.39 Å². The van der Waals surface area contributed by atoms with E-state index >= 15 is 0 Å². The molecule has 1 aromatic rings. The Bertz CT molecular complexity index is 417. The molecular formula is C15H22FNO2. The molecule has 0 saturated heterocycles. The highest BCUT2D eigenvalue weighted by Crippen LogP contribution is 2.33. The van der Waals surface area contributed by atoms with E-state index in [1.54, 1.807) is 19.2 Å². The van der Waals surface area contributed by atoms with Crippen molar-refractivity contribution < 1.29 is 14.2 Å². The van der Waals surface area contributed by atoms with Gasteiger partial charge < -0.3 is 15.2 Å². The lowest BCUT2D eigenvalue weighted by atomic mass is 9.93. The summed E-state index contributed by atoms with van der Waals surface area (Å²) in [5, 5.41) is 12.6. The largest absolute Gasteiger partial charge is 0.497 e. The van der Waals surface area contributed by atoms with Crippen molar-refractivity contribution in [3.8, 4) is 5.75 Å². The summed E-state index contributed by atoms with van der Waals surface area (Å²) in [5.74, 6) is 0.450. The Morgan fingerprint density at radius 2 is 2.11 bits per heavy atom. The fraction of sp³-hybridized carbons (Fsp3) is 0.600. The molecule has 4 heteroatoms. The monoisotopic (exact) mass is 267 g/mol. The summed E-state index contributed by atoms with van der Waals surface area (Å²) in [6, 6.07) is 4.78. The lowest BCUT2D eigenvalue weighted by Gasteiger charge is -2.30. The molecule has 1 fully saturated rings. The Kier molecular flexibility index (Phi) is 4.77. The molecule has 0 radical (unpaired) electrons. The van der Waals surface area contributed by atoms with Gasteiger partial charge in [-0.3, -0.25) is 0 Å². The molecule has 106 valence electrons. The second-order valence-corrected chi connectivity index (χ2v) is 5.27. The number of halogens is 1. The van der Waals surface area contributed by atoms with Crippen LogP contribution < -0.4 is 10.1 Å². The van der Waals surface area contributed by atoms with Gasteiger partial charge in [0.1, 0.15) is 11.6 Å². The summed E-state index contributed by atoms with van der Waals surface area (Å²) < 4.78 is 18.9. The molecule has 1 aromatic carbocycles. The van der Waals surface area contributed by atoms with Crippen LogP contribution in [0.5, 0.6) is 5.75 Å². The van der Waals surface area contributed by atoms with E-state index in [-0.39, 0.29) is 18.0 Å². The smallest absolute Gasteiger partial charge is 0.127 e. The number of aliphatic hydroxyl groups excluding tert-OH is 1. The standard InChI is InChI=1S/C15H22FNO2/c1-19-13-4-5-14(16)12(10-13)11-17-15(8-9-18)6-2-3-7-15/h4-5,10,17-18H,2-3,6-9,11H2,1H3. The zero-order chi connectivity index (χ0) is 13.7. The number of hydrogen-bond donors (Lipinski definition) is 2. The van der Waals surface area contributed by atoms with Gasteiger partial charge in [-0.2, -0.15) is 0 Å². The van der Waals surface area contributed by atoms with Crippen molar-refractivity contribution in [3.63, 3.8) is 0 Å². The van der Waals surface area contributed by atoms with Gasteiger partial charge in [0.15, 0.2) is 0 Å². The Morgan fingerprint density at radius 3 is 2.74 bits per heavy atom. The Morgan fingerprint density at radius 1 is 1.37 bits per heavy atom. The molecule has 0 bridgehead atoms. The molecule has 0 heterocycles. The molecule has 0 unspecified atom stereocenters. The molecule has 1 aliphatic carbocycles. The van der Waals surface area contributed by atoms with Gasteiger partial charge in [0, 0.05) is 24.3 Å². The highest BCUT2D eigenvalue weighted by Gasteiger charge is 2.32. The van der Waals surface area contributed by atoms with Crippen molar-refractivity contribution in [1.29, 1.82) is 0 Å². The zero-order valence-corrected chi connectivity index (χ0v) is 11.4. The maximum Gasteiger partial charge on any atom is 0.127 e. The molecule has 1 aliphatic rings. The molecular weight excluding hydrogens is 245 g/mol. The first-order valence-corrected chi connectivity index (χ1v) is 6.87. The van der Waals surface area contributed by atoms with Crippen molar-refractivity contribution in [3.05, 3.63) is 29.6 Å². The number of rotatable bonds is 6. The average molecular weight is 267 g/mol. The highest BCUT2D eigenvalue weighted by molar-refractivity contribution is 5.29. The Labute approximate surface area is 113 Å². The van der Waals surface area contributed by atoms with E-state index in [1.807, 2.05) is 0 Å². The van der Waals surface area contributed by atoms with Crippen molar-refractivity contribution in [2.24, 2.45) is 0 Å².